The lowest BCUT2D eigenvalue weighted by Crippen LogP contribution is -2.18. The van der Waals surface area contributed by atoms with Crippen LogP contribution in [-0.2, 0) is 4.74 Å². The Hall–Kier alpha value is -2.43. The smallest absolute Gasteiger partial charge is 0.496 e. The van der Waals surface area contributed by atoms with Crippen LogP contribution in [-0.4, -0.2) is 26.0 Å². The minimum Gasteiger partial charge on any atom is -0.496 e. The van der Waals surface area contributed by atoms with Crippen molar-refractivity contribution < 1.29 is 32.2 Å². The van der Waals surface area contributed by atoms with Crippen molar-refractivity contribution in [2.75, 3.05) is 13.7 Å². The Morgan fingerprint density at radius 1 is 1.40 bits per heavy atom. The van der Waals surface area contributed by atoms with E-state index >= 15 is 0 Å². The highest BCUT2D eigenvalue weighted by Gasteiger charge is 2.32. The molecule has 0 amide bonds. The molecule has 0 N–H and O–H groups in total. The number of carbonyl (C=O) groups excluding carboxylic acids is 1. The Morgan fingerprint density at radius 3 is 2.50 bits per heavy atom. The lowest BCUT2D eigenvalue weighted by atomic mass is 10.1. The monoisotopic (exact) mass is 289 g/mol. The first-order valence-corrected chi connectivity index (χ1v) is 5.37. The van der Waals surface area contributed by atoms with E-state index in [2.05, 4.69) is 4.74 Å². The summed E-state index contributed by atoms with van der Waals surface area (Å²) in [6.45, 7) is 1.60. The number of hydrogen-bond acceptors (Lipinski definition) is 5. The van der Waals surface area contributed by atoms with Crippen molar-refractivity contribution in [1.82, 2.24) is 0 Å². The van der Waals surface area contributed by atoms with E-state index in [1.807, 2.05) is 0 Å². The van der Waals surface area contributed by atoms with Crippen LogP contribution in [0.1, 0.15) is 22.8 Å². The predicted octanol–water partition coefficient (Wildman–Crippen LogP) is 2.64. The highest BCUT2D eigenvalue weighted by Crippen LogP contribution is 2.32. The lowest BCUT2D eigenvalue weighted by molar-refractivity contribution is -0.274. The zero-order valence-corrected chi connectivity index (χ0v) is 10.6. The molecule has 0 aliphatic heterocycles. The first kappa shape index (κ1) is 15.6. The molecule has 0 radical (unpaired) electrons. The number of esters is 1. The van der Waals surface area contributed by atoms with Crippen LogP contribution in [0.4, 0.5) is 13.2 Å². The van der Waals surface area contributed by atoms with Crippen molar-refractivity contribution in [3.63, 3.8) is 0 Å². The van der Waals surface area contributed by atoms with Crippen LogP contribution in [0.25, 0.3) is 0 Å². The normalized spacial score (nSPS) is 10.6. The highest BCUT2D eigenvalue weighted by atomic mass is 19.4. The quantitative estimate of drug-likeness (QED) is 0.797. The summed E-state index contributed by atoms with van der Waals surface area (Å²) >= 11 is 0. The fourth-order valence-electron chi connectivity index (χ4n) is 1.45. The Bertz CT molecular complexity index is 549. The summed E-state index contributed by atoms with van der Waals surface area (Å²) in [6, 6.07) is 3.26. The maximum Gasteiger partial charge on any atom is 0.573 e. The van der Waals surface area contributed by atoms with Crippen molar-refractivity contribution >= 4 is 5.97 Å². The molecule has 1 aromatic carbocycles. The van der Waals surface area contributed by atoms with Crippen LogP contribution < -0.4 is 9.47 Å². The number of hydrogen-bond donors (Lipinski definition) is 0. The molecule has 5 nitrogen and oxygen atoms in total. The molecular formula is C12H10F3NO4. The molecule has 8 heteroatoms. The first-order chi connectivity index (χ1) is 9.32. The number of nitriles is 1. The second kappa shape index (κ2) is 6.14. The summed E-state index contributed by atoms with van der Waals surface area (Å²) in [7, 11) is 1.15. The number of halogens is 3. The highest BCUT2D eigenvalue weighted by molar-refractivity contribution is 5.95. The molecule has 0 fully saturated rings. The van der Waals surface area contributed by atoms with E-state index in [-0.39, 0.29) is 23.5 Å². The van der Waals surface area contributed by atoms with Crippen molar-refractivity contribution in [3.8, 4) is 17.6 Å². The first-order valence-electron chi connectivity index (χ1n) is 5.37. The van der Waals surface area contributed by atoms with E-state index in [9.17, 15) is 18.0 Å². The molecule has 0 bridgehead atoms. The number of alkyl halides is 3. The van der Waals surface area contributed by atoms with Crippen LogP contribution in [0.2, 0.25) is 0 Å². The third kappa shape index (κ3) is 3.78. The van der Waals surface area contributed by atoms with Crippen molar-refractivity contribution in [3.05, 3.63) is 23.3 Å². The summed E-state index contributed by atoms with van der Waals surface area (Å²) in [5.74, 6) is -1.75. The van der Waals surface area contributed by atoms with Gasteiger partial charge in [-0.3, -0.25) is 0 Å². The van der Waals surface area contributed by atoms with Gasteiger partial charge in [-0.2, -0.15) is 5.26 Å². The van der Waals surface area contributed by atoms with Crippen LogP contribution in [0, 0.1) is 11.3 Å². The Labute approximate surface area is 112 Å². The van der Waals surface area contributed by atoms with Gasteiger partial charge in [-0.25, -0.2) is 4.79 Å². The van der Waals surface area contributed by atoms with Gasteiger partial charge >= 0.3 is 12.3 Å². The average molecular weight is 289 g/mol. The van der Waals surface area contributed by atoms with Gasteiger partial charge in [0.05, 0.1) is 19.3 Å². The Balaban J connectivity index is 3.33. The minimum absolute atomic E-state index is 0.0493. The van der Waals surface area contributed by atoms with Gasteiger partial charge in [-0.05, 0) is 13.0 Å². The molecule has 1 rings (SSSR count). The van der Waals surface area contributed by atoms with Crippen LogP contribution in [0.15, 0.2) is 12.1 Å². The van der Waals surface area contributed by atoms with E-state index in [1.165, 1.54) is 0 Å². The van der Waals surface area contributed by atoms with Crippen LogP contribution in [0.3, 0.4) is 0 Å². The molecule has 0 heterocycles. The number of methoxy groups -OCH3 is 1. The number of carbonyl (C=O) groups is 1. The Kier molecular flexibility index (Phi) is 4.80. The Morgan fingerprint density at radius 2 is 2.05 bits per heavy atom. The maximum absolute atomic E-state index is 12.2. The van der Waals surface area contributed by atoms with Gasteiger partial charge in [0, 0.05) is 6.07 Å². The molecule has 0 atom stereocenters. The molecule has 0 unspecified atom stereocenters. The molecule has 20 heavy (non-hydrogen) atoms. The fourth-order valence-corrected chi connectivity index (χ4v) is 1.45. The van der Waals surface area contributed by atoms with Gasteiger partial charge < -0.3 is 14.2 Å². The zero-order chi connectivity index (χ0) is 15.3. The van der Waals surface area contributed by atoms with Gasteiger partial charge in [0.25, 0.3) is 0 Å². The molecule has 0 spiro atoms. The second-order valence-electron chi connectivity index (χ2n) is 3.43. The second-order valence-corrected chi connectivity index (χ2v) is 3.43. The summed E-state index contributed by atoms with van der Waals surface area (Å²) in [5.41, 5.74) is -0.576. The lowest BCUT2D eigenvalue weighted by Gasteiger charge is -2.13. The largest absolute Gasteiger partial charge is 0.573 e. The van der Waals surface area contributed by atoms with E-state index in [0.717, 1.165) is 19.2 Å². The minimum atomic E-state index is -4.91. The summed E-state index contributed by atoms with van der Waals surface area (Å²) < 4.78 is 49.7. The van der Waals surface area contributed by atoms with Crippen molar-refractivity contribution in [2.24, 2.45) is 0 Å². The molecule has 0 aliphatic carbocycles. The summed E-state index contributed by atoms with van der Waals surface area (Å²) in [4.78, 5) is 11.7. The van der Waals surface area contributed by atoms with E-state index < -0.39 is 18.1 Å². The SMILES string of the molecule is CCOC(=O)c1c(C#N)cc(OC(F)(F)F)cc1OC. The van der Waals surface area contributed by atoms with Crippen LogP contribution in [0.5, 0.6) is 11.5 Å². The van der Waals surface area contributed by atoms with Gasteiger partial charge in [-0.1, -0.05) is 0 Å². The summed E-state index contributed by atoms with van der Waals surface area (Å²) in [6.07, 6.45) is -4.91. The fraction of sp³-hybridized carbons (Fsp3) is 0.333. The molecular weight excluding hydrogens is 279 g/mol. The number of benzene rings is 1. The maximum atomic E-state index is 12.2. The molecule has 108 valence electrons. The van der Waals surface area contributed by atoms with Gasteiger partial charge in [-0.15, -0.1) is 13.2 Å². The van der Waals surface area contributed by atoms with Gasteiger partial charge in [0.2, 0.25) is 0 Å². The van der Waals surface area contributed by atoms with E-state index in [1.54, 1.807) is 13.0 Å². The molecule has 0 saturated heterocycles. The number of nitrogens with zero attached hydrogens (tertiary/aromatic N) is 1. The summed E-state index contributed by atoms with van der Waals surface area (Å²) in [5, 5.41) is 8.93. The van der Waals surface area contributed by atoms with Crippen molar-refractivity contribution in [2.45, 2.75) is 13.3 Å². The van der Waals surface area contributed by atoms with Crippen LogP contribution >= 0.6 is 0 Å². The molecule has 0 saturated carbocycles. The zero-order valence-electron chi connectivity index (χ0n) is 10.6. The number of rotatable bonds is 4. The predicted molar refractivity (Wildman–Crippen MR) is 60.3 cm³/mol. The van der Waals surface area contributed by atoms with E-state index in [0.29, 0.717) is 0 Å². The molecule has 0 aromatic heterocycles. The standard InChI is InChI=1S/C12H10F3NO4/c1-3-19-11(17)10-7(6-16)4-8(5-9(10)18-2)20-12(13,14)15/h4-5H,3H2,1-2H3. The molecule has 1 aromatic rings. The molecule has 0 aliphatic rings. The van der Waals surface area contributed by atoms with Gasteiger partial charge in [0.1, 0.15) is 23.1 Å². The average Bonchev–Trinajstić information content (AvgIpc) is 2.35. The van der Waals surface area contributed by atoms with Gasteiger partial charge in [0.15, 0.2) is 0 Å². The number of ether oxygens (including phenoxy) is 3. The van der Waals surface area contributed by atoms with E-state index in [4.69, 9.17) is 14.7 Å². The van der Waals surface area contributed by atoms with Crippen molar-refractivity contribution in [1.29, 1.82) is 5.26 Å². The third-order valence-electron chi connectivity index (χ3n) is 2.13. The topological polar surface area (TPSA) is 68.6 Å². The third-order valence-corrected chi connectivity index (χ3v) is 2.13.